The first-order chi connectivity index (χ1) is 41.4. The van der Waals surface area contributed by atoms with E-state index in [4.69, 9.17) is 15.2 Å². The van der Waals surface area contributed by atoms with E-state index in [0.717, 1.165) is 59.7 Å². The molecule has 0 saturated carbocycles. The highest BCUT2D eigenvalue weighted by Crippen LogP contribution is 2.59. The molecular weight excluding hydrogens is 1190 g/mol. The Kier molecular flexibility index (Phi) is 19.3. The summed E-state index contributed by atoms with van der Waals surface area (Å²) in [4.78, 5) is 157. The first-order valence-corrected chi connectivity index (χ1v) is 30.1. The molecule has 1 aromatic heterocycles. The molecule has 30 heteroatoms. The maximum absolute atomic E-state index is 15.1. The lowest BCUT2D eigenvalue weighted by atomic mass is 9.89. The highest BCUT2D eigenvalue weighted by molar-refractivity contribution is 7.52. The van der Waals surface area contributed by atoms with Crippen LogP contribution in [0.15, 0.2) is 60.7 Å². The van der Waals surface area contributed by atoms with Crippen molar-refractivity contribution < 1.29 is 89.3 Å². The van der Waals surface area contributed by atoms with Gasteiger partial charge in [-0.1, -0.05) is 30.0 Å². The molecule has 4 aromatic rings. The number of nitrogens with zero attached hydrogens (tertiary/aromatic N) is 4. The predicted octanol–water partition coefficient (Wildman–Crippen LogP) is 3.65. The number of benzene rings is 3. The van der Waals surface area contributed by atoms with Gasteiger partial charge in [-0.2, -0.15) is 8.78 Å². The minimum atomic E-state index is -5.95. The van der Waals surface area contributed by atoms with Gasteiger partial charge in [-0.3, -0.25) is 48.9 Å². The number of nitrogens with two attached hydrogens (primary N) is 1. The molecule has 9 rings (SSSR count). The second-order valence-electron chi connectivity index (χ2n) is 21.7. The standard InChI is InChI=1S/C57H60F4N9O15PS/c1-84-56(80)68-22-19-35-11-13-44(70(35)54(78)40(27-68)63-51(76)46-25-33-23-34(10-15-45(33)87-46)57(60,61)86(81,82)83)50(75)64-42(29-72)52(85-55(62)79)65-41(28-71)48(32-9-12-38(58)39(59)24-32)67-20-17-30(18-21-67)5-2-3-6-31-7-4-8-36-37(31)26-69(53(36)77)43-14-16-47(73)66-49(43)74/h4,7-10,12,15,23-25,28-30,35,40-44,48,52,65H,2,5,11,13-14,16-22,26-27H2,1H3,(H2,62,79)(H,63,76)(H,64,75)(H,66,73,74)(H2,81,82,83)/t35-,40+,41-,42-,43?,44+,48?,52?/m1/s1. The molecule has 4 saturated heterocycles. The van der Waals surface area contributed by atoms with Gasteiger partial charge in [-0.05, 0) is 123 Å². The van der Waals surface area contributed by atoms with Crippen LogP contribution >= 0.6 is 18.9 Å². The minimum Gasteiger partial charge on any atom is -0.453 e. The van der Waals surface area contributed by atoms with E-state index in [1.807, 2.05) is 4.90 Å². The van der Waals surface area contributed by atoms with Gasteiger partial charge < -0.3 is 59.9 Å². The van der Waals surface area contributed by atoms with E-state index < -0.39 is 127 Å². The highest BCUT2D eigenvalue weighted by atomic mass is 32.1. The Labute approximate surface area is 497 Å². The number of amides is 8. The number of hydrogen-bond acceptors (Lipinski definition) is 16. The van der Waals surface area contributed by atoms with Gasteiger partial charge in [0, 0.05) is 53.4 Å². The van der Waals surface area contributed by atoms with Crippen LogP contribution < -0.4 is 27.0 Å². The lowest BCUT2D eigenvalue weighted by molar-refractivity contribution is -0.144. The van der Waals surface area contributed by atoms with Crippen molar-refractivity contribution in [1.29, 1.82) is 0 Å². The molecule has 5 aliphatic heterocycles. The maximum Gasteiger partial charge on any atom is 0.409 e. The van der Waals surface area contributed by atoms with Crippen molar-refractivity contribution in [2.24, 2.45) is 11.7 Å². The number of alkyl halides is 2. The first-order valence-electron chi connectivity index (χ1n) is 27.7. The summed E-state index contributed by atoms with van der Waals surface area (Å²) in [5.41, 5.74) is 1.76. The fraction of sp³-hybridized carbons (Fsp3) is 0.439. The lowest BCUT2D eigenvalue weighted by Crippen LogP contribution is -2.63. The molecular formula is C57H60F4N9O15PS. The number of imide groups is 1. The highest BCUT2D eigenvalue weighted by Gasteiger charge is 2.51. The smallest absolute Gasteiger partial charge is 0.409 e. The molecule has 4 fully saturated rings. The molecule has 8 N–H and O–H groups in total. The quantitative estimate of drug-likeness (QED) is 0.0187. The average molecular weight is 1250 g/mol. The van der Waals surface area contributed by atoms with Gasteiger partial charge in [-0.15, -0.1) is 11.3 Å². The van der Waals surface area contributed by atoms with Crippen LogP contribution in [0.5, 0.6) is 0 Å². The molecule has 6 heterocycles. The van der Waals surface area contributed by atoms with Crippen LogP contribution in [-0.4, -0.2) is 165 Å². The van der Waals surface area contributed by atoms with Gasteiger partial charge in [0.25, 0.3) is 11.8 Å². The Balaban J connectivity index is 0.880. The summed E-state index contributed by atoms with van der Waals surface area (Å²) in [6.45, 7) is 0.237. The van der Waals surface area contributed by atoms with Crippen molar-refractivity contribution in [3.05, 3.63) is 105 Å². The number of methoxy groups -OCH3 is 1. The largest absolute Gasteiger partial charge is 0.453 e. The van der Waals surface area contributed by atoms with E-state index >= 15 is 4.39 Å². The Morgan fingerprint density at radius 3 is 2.36 bits per heavy atom. The van der Waals surface area contributed by atoms with Gasteiger partial charge >= 0.3 is 25.4 Å². The Hall–Kier alpha value is -8.13. The number of carbonyl (C=O) groups excluding carboxylic acids is 10. The zero-order chi connectivity index (χ0) is 62.6. The topological polar surface area (TPSA) is 334 Å². The van der Waals surface area contributed by atoms with Crippen LogP contribution in [0.25, 0.3) is 10.1 Å². The lowest BCUT2D eigenvalue weighted by Gasteiger charge is -2.41. The predicted molar refractivity (Wildman–Crippen MR) is 299 cm³/mol. The van der Waals surface area contributed by atoms with E-state index in [-0.39, 0.29) is 83.8 Å². The zero-order valence-corrected chi connectivity index (χ0v) is 48.2. The molecule has 8 atom stereocenters. The fourth-order valence-electron chi connectivity index (χ4n) is 11.9. The molecule has 0 radical (unpaired) electrons. The van der Waals surface area contributed by atoms with E-state index in [2.05, 4.69) is 33.1 Å². The van der Waals surface area contributed by atoms with Gasteiger partial charge in [0.2, 0.25) is 23.6 Å². The number of aldehydes is 2. The number of hydrogen-bond donors (Lipinski definition) is 7. The van der Waals surface area contributed by atoms with Crippen LogP contribution in [0.3, 0.4) is 0 Å². The van der Waals surface area contributed by atoms with Gasteiger partial charge in [0.05, 0.1) is 30.6 Å². The maximum atomic E-state index is 15.1. The van der Waals surface area contributed by atoms with Crippen molar-refractivity contribution in [2.45, 2.75) is 119 Å². The Morgan fingerprint density at radius 1 is 0.931 bits per heavy atom. The normalized spacial score (nSPS) is 21.7. The molecule has 3 unspecified atom stereocenters. The van der Waals surface area contributed by atoms with Crippen molar-refractivity contribution in [2.75, 3.05) is 33.3 Å². The fourth-order valence-corrected chi connectivity index (χ4v) is 13.4. The summed E-state index contributed by atoms with van der Waals surface area (Å²) in [6.07, 6.45) is -0.885. The summed E-state index contributed by atoms with van der Waals surface area (Å²) >= 11 is 0.797. The number of rotatable bonds is 18. The monoisotopic (exact) mass is 1250 g/mol. The SMILES string of the molecule is COC(=O)N1CC[C@H]2CC[C@@H](C(=O)N[C@H](C=O)C(N[C@H](C=O)C(c3ccc(F)c(F)c3)N3CCC(CCC#Cc4cccc5c4CN(C4CCC(=O)NC4=O)C5=O)CC3)OC(N)=O)N2C(=O)[C@@H](NC(=O)c2cc3cc(C(F)(F)P(=O)(O)O)ccc3s2)C1. The molecule has 3 aromatic carbocycles. The number of likely N-dealkylation sites (tertiary alicyclic amines) is 1. The number of thiophene rings is 1. The number of halogens is 4. The van der Waals surface area contributed by atoms with Crippen LogP contribution in [0.2, 0.25) is 0 Å². The van der Waals surface area contributed by atoms with Crippen molar-refractivity contribution in [1.82, 2.24) is 40.9 Å². The Bertz CT molecular complexity index is 3530. The molecule has 8 amide bonds. The van der Waals surface area contributed by atoms with Crippen LogP contribution in [-0.2, 0) is 55.0 Å². The van der Waals surface area contributed by atoms with Crippen LogP contribution in [0.1, 0.15) is 106 Å². The summed E-state index contributed by atoms with van der Waals surface area (Å²) in [5, 5.41) is 10.1. The Morgan fingerprint density at radius 2 is 1.68 bits per heavy atom. The summed E-state index contributed by atoms with van der Waals surface area (Å²) < 4.78 is 80.8. The van der Waals surface area contributed by atoms with Crippen LogP contribution in [0.4, 0.5) is 27.2 Å². The number of fused-ring (bicyclic) bond motifs is 3. The van der Waals surface area contributed by atoms with Gasteiger partial charge in [0.15, 0.2) is 17.9 Å². The second kappa shape index (κ2) is 26.5. The first kappa shape index (κ1) is 63.4. The second-order valence-corrected chi connectivity index (χ2v) is 24.4. The molecule has 0 spiro atoms. The molecule has 87 heavy (non-hydrogen) atoms. The third-order valence-corrected chi connectivity index (χ3v) is 18.5. The minimum absolute atomic E-state index is 0.0129. The third kappa shape index (κ3) is 13.7. The van der Waals surface area contributed by atoms with E-state index in [9.17, 15) is 75.5 Å². The molecule has 0 bridgehead atoms. The van der Waals surface area contributed by atoms with E-state index in [1.54, 1.807) is 18.2 Å². The van der Waals surface area contributed by atoms with Crippen molar-refractivity contribution in [3.63, 3.8) is 0 Å². The molecule has 462 valence electrons. The van der Waals surface area contributed by atoms with Crippen molar-refractivity contribution >= 4 is 89.2 Å². The number of nitrogens with one attached hydrogen (secondary N) is 4. The van der Waals surface area contributed by atoms with E-state index in [1.165, 1.54) is 15.9 Å². The summed E-state index contributed by atoms with van der Waals surface area (Å²) in [6, 6.07) is 3.19. The number of carbonyl (C=O) groups is 10. The number of primary amides is 1. The van der Waals surface area contributed by atoms with Crippen LogP contribution in [0, 0.1) is 29.4 Å². The average Bonchev–Trinajstić information content (AvgIpc) is 4.00. The molecule has 5 aliphatic rings. The third-order valence-electron chi connectivity index (χ3n) is 16.4. The zero-order valence-electron chi connectivity index (χ0n) is 46.5. The van der Waals surface area contributed by atoms with Gasteiger partial charge in [-0.25, -0.2) is 18.4 Å². The summed E-state index contributed by atoms with van der Waals surface area (Å²) in [7, 11) is -4.84. The number of ether oxygens (including phenoxy) is 2. The van der Waals surface area contributed by atoms with Gasteiger partial charge in [0.1, 0.15) is 36.7 Å². The van der Waals surface area contributed by atoms with Crippen molar-refractivity contribution in [3.8, 4) is 11.8 Å². The number of piperidine rings is 2. The molecule has 24 nitrogen and oxygen atoms in total. The summed E-state index contributed by atoms with van der Waals surface area (Å²) in [5.74, 6) is 0.0518. The molecule has 0 aliphatic carbocycles. The van der Waals surface area contributed by atoms with E-state index in [0.29, 0.717) is 61.7 Å².